The van der Waals surface area contributed by atoms with Crippen LogP contribution in [0.2, 0.25) is 5.28 Å². The first-order valence-electron chi connectivity index (χ1n) is 6.38. The molecule has 0 aromatic carbocycles. The van der Waals surface area contributed by atoms with E-state index in [9.17, 15) is 0 Å². The molecule has 8 nitrogen and oxygen atoms in total. The predicted molar refractivity (Wildman–Crippen MR) is 74.9 cm³/mol. The monoisotopic (exact) mass is 297 g/mol. The van der Waals surface area contributed by atoms with Crippen LogP contribution in [-0.4, -0.2) is 44.7 Å². The summed E-state index contributed by atoms with van der Waals surface area (Å²) in [5, 5.41) is 6.97. The average molecular weight is 298 g/mol. The minimum Gasteiger partial charge on any atom is -0.354 e. The zero-order chi connectivity index (χ0) is 14.4. The number of aromatic nitrogens is 5. The van der Waals surface area contributed by atoms with Crippen LogP contribution in [0.5, 0.6) is 0 Å². The highest BCUT2D eigenvalue weighted by atomic mass is 35.5. The number of anilines is 2. The molecule has 0 radical (unpaired) electrons. The predicted octanol–water partition coefficient (Wildman–Crippen LogP) is 1.41. The van der Waals surface area contributed by atoms with Crippen LogP contribution in [0.15, 0.2) is 10.9 Å². The SMILES string of the molecule is CCN(CC)c1nc(Cl)nc(NCCc2ncon2)n1. The van der Waals surface area contributed by atoms with Crippen molar-refractivity contribution in [3.63, 3.8) is 0 Å². The van der Waals surface area contributed by atoms with Crippen molar-refractivity contribution in [2.45, 2.75) is 20.3 Å². The molecule has 0 aliphatic heterocycles. The van der Waals surface area contributed by atoms with Gasteiger partial charge >= 0.3 is 0 Å². The molecule has 1 N–H and O–H groups in total. The molecule has 0 spiro atoms. The van der Waals surface area contributed by atoms with Crippen LogP contribution in [0.4, 0.5) is 11.9 Å². The second-order valence-electron chi connectivity index (χ2n) is 3.92. The summed E-state index contributed by atoms with van der Waals surface area (Å²) in [7, 11) is 0. The van der Waals surface area contributed by atoms with Gasteiger partial charge in [0.1, 0.15) is 0 Å². The molecule has 0 saturated heterocycles. The first-order valence-corrected chi connectivity index (χ1v) is 6.76. The third kappa shape index (κ3) is 3.77. The number of nitrogens with one attached hydrogen (secondary N) is 1. The van der Waals surface area contributed by atoms with Crippen LogP contribution in [0.25, 0.3) is 0 Å². The maximum atomic E-state index is 5.92. The number of hydrogen-bond donors (Lipinski definition) is 1. The maximum absolute atomic E-state index is 5.92. The van der Waals surface area contributed by atoms with E-state index in [0.717, 1.165) is 13.1 Å². The Morgan fingerprint density at radius 2 is 2.05 bits per heavy atom. The Balaban J connectivity index is 2.00. The fourth-order valence-electron chi connectivity index (χ4n) is 1.66. The van der Waals surface area contributed by atoms with Gasteiger partial charge in [0.25, 0.3) is 0 Å². The van der Waals surface area contributed by atoms with E-state index in [-0.39, 0.29) is 5.28 Å². The summed E-state index contributed by atoms with van der Waals surface area (Å²) >= 11 is 5.92. The van der Waals surface area contributed by atoms with Gasteiger partial charge in [0, 0.05) is 26.1 Å². The van der Waals surface area contributed by atoms with E-state index >= 15 is 0 Å². The highest BCUT2D eigenvalue weighted by molar-refractivity contribution is 6.28. The molecule has 0 aliphatic carbocycles. The smallest absolute Gasteiger partial charge is 0.231 e. The standard InChI is InChI=1S/C11H16ClN7O/c1-3-19(4-2)11-16-9(12)15-10(17-11)13-6-5-8-14-7-20-18-8/h7H,3-6H2,1-2H3,(H,13,15,16,17). The summed E-state index contributed by atoms with van der Waals surface area (Å²) in [4.78, 5) is 18.4. The van der Waals surface area contributed by atoms with Gasteiger partial charge in [-0.25, -0.2) is 0 Å². The third-order valence-electron chi connectivity index (χ3n) is 2.68. The summed E-state index contributed by atoms with van der Waals surface area (Å²) < 4.78 is 4.66. The van der Waals surface area contributed by atoms with E-state index < -0.39 is 0 Å². The van der Waals surface area contributed by atoms with Gasteiger partial charge in [0.2, 0.25) is 23.6 Å². The van der Waals surface area contributed by atoms with Crippen LogP contribution in [0.1, 0.15) is 19.7 Å². The lowest BCUT2D eigenvalue weighted by Gasteiger charge is -2.18. The summed E-state index contributed by atoms with van der Waals surface area (Å²) in [5.41, 5.74) is 0. The Labute approximate surface area is 121 Å². The molecule has 0 bridgehead atoms. The minimum absolute atomic E-state index is 0.170. The Bertz CT molecular complexity index is 530. The van der Waals surface area contributed by atoms with E-state index in [1.807, 2.05) is 18.7 Å². The lowest BCUT2D eigenvalue weighted by molar-refractivity contribution is 0.410. The molecule has 2 rings (SSSR count). The largest absolute Gasteiger partial charge is 0.354 e. The van der Waals surface area contributed by atoms with Gasteiger partial charge in [-0.1, -0.05) is 5.16 Å². The molecule has 9 heteroatoms. The van der Waals surface area contributed by atoms with Crippen molar-refractivity contribution in [3.05, 3.63) is 17.5 Å². The van der Waals surface area contributed by atoms with Crippen LogP contribution in [-0.2, 0) is 6.42 Å². The average Bonchev–Trinajstić information content (AvgIpc) is 2.93. The molecule has 0 saturated carbocycles. The van der Waals surface area contributed by atoms with E-state index in [0.29, 0.717) is 30.7 Å². The van der Waals surface area contributed by atoms with E-state index in [2.05, 4.69) is 34.9 Å². The molecule has 2 aromatic rings. The van der Waals surface area contributed by atoms with Crippen molar-refractivity contribution in [1.82, 2.24) is 25.1 Å². The zero-order valence-electron chi connectivity index (χ0n) is 11.4. The van der Waals surface area contributed by atoms with E-state index in [1.165, 1.54) is 6.39 Å². The number of hydrogen-bond acceptors (Lipinski definition) is 8. The van der Waals surface area contributed by atoms with Crippen molar-refractivity contribution in [3.8, 4) is 0 Å². The van der Waals surface area contributed by atoms with Crippen LogP contribution < -0.4 is 10.2 Å². The van der Waals surface area contributed by atoms with E-state index in [1.54, 1.807) is 0 Å². The molecule has 0 aliphatic rings. The van der Waals surface area contributed by atoms with Crippen LogP contribution in [0, 0.1) is 0 Å². The van der Waals surface area contributed by atoms with Crippen molar-refractivity contribution >= 4 is 23.5 Å². The van der Waals surface area contributed by atoms with Gasteiger partial charge in [0.15, 0.2) is 5.82 Å². The molecule has 0 unspecified atom stereocenters. The quantitative estimate of drug-likeness (QED) is 0.820. The van der Waals surface area contributed by atoms with E-state index in [4.69, 9.17) is 11.6 Å². The van der Waals surface area contributed by atoms with Gasteiger partial charge in [0.05, 0.1) is 0 Å². The van der Waals surface area contributed by atoms with Crippen molar-refractivity contribution < 1.29 is 4.52 Å². The second kappa shape index (κ2) is 6.99. The summed E-state index contributed by atoms with van der Waals surface area (Å²) in [6, 6.07) is 0. The van der Waals surface area contributed by atoms with Crippen LogP contribution in [0.3, 0.4) is 0 Å². The fraction of sp³-hybridized carbons (Fsp3) is 0.545. The van der Waals surface area contributed by atoms with Gasteiger partial charge in [-0.2, -0.15) is 19.9 Å². The lowest BCUT2D eigenvalue weighted by atomic mass is 10.4. The van der Waals surface area contributed by atoms with Gasteiger partial charge < -0.3 is 14.7 Å². The molecular weight excluding hydrogens is 282 g/mol. The normalized spacial score (nSPS) is 10.6. The first-order chi connectivity index (χ1) is 9.72. The second-order valence-corrected chi connectivity index (χ2v) is 4.26. The molecule has 2 heterocycles. The Morgan fingerprint density at radius 1 is 1.25 bits per heavy atom. The van der Waals surface area contributed by atoms with Crippen molar-refractivity contribution in [2.24, 2.45) is 0 Å². The minimum atomic E-state index is 0.170. The lowest BCUT2D eigenvalue weighted by Crippen LogP contribution is -2.25. The molecule has 108 valence electrons. The topological polar surface area (TPSA) is 92.9 Å². The maximum Gasteiger partial charge on any atom is 0.231 e. The highest BCUT2D eigenvalue weighted by Gasteiger charge is 2.10. The summed E-state index contributed by atoms with van der Waals surface area (Å²) in [5.74, 6) is 1.63. The molecule has 20 heavy (non-hydrogen) atoms. The fourth-order valence-corrected chi connectivity index (χ4v) is 1.81. The van der Waals surface area contributed by atoms with Gasteiger partial charge in [-0.3, -0.25) is 0 Å². The molecule has 0 amide bonds. The van der Waals surface area contributed by atoms with Crippen LogP contribution >= 0.6 is 11.6 Å². The van der Waals surface area contributed by atoms with Crippen molar-refractivity contribution in [1.29, 1.82) is 0 Å². The Kier molecular flexibility index (Phi) is 5.05. The first kappa shape index (κ1) is 14.4. The summed E-state index contributed by atoms with van der Waals surface area (Å²) in [6.45, 7) is 6.25. The number of nitrogens with zero attached hydrogens (tertiary/aromatic N) is 6. The van der Waals surface area contributed by atoms with Crippen molar-refractivity contribution in [2.75, 3.05) is 29.9 Å². The van der Waals surface area contributed by atoms with Gasteiger partial charge in [-0.05, 0) is 25.4 Å². The number of rotatable bonds is 7. The molecule has 0 fully saturated rings. The molecule has 2 aromatic heterocycles. The molecular formula is C11H16ClN7O. The highest BCUT2D eigenvalue weighted by Crippen LogP contribution is 2.13. The Morgan fingerprint density at radius 3 is 2.70 bits per heavy atom. The number of halogens is 1. The molecule has 0 atom stereocenters. The van der Waals surface area contributed by atoms with Gasteiger partial charge in [-0.15, -0.1) is 0 Å². The zero-order valence-corrected chi connectivity index (χ0v) is 12.1. The Hall–Kier alpha value is -1.96. The third-order valence-corrected chi connectivity index (χ3v) is 2.85. The summed E-state index contributed by atoms with van der Waals surface area (Å²) in [6.07, 6.45) is 1.91.